The third-order valence-electron chi connectivity index (χ3n) is 6.63. The number of fused-ring (bicyclic) bond motifs is 3. The van der Waals surface area contributed by atoms with Crippen LogP contribution < -0.4 is 10.6 Å². The topological polar surface area (TPSA) is 66.2 Å². The van der Waals surface area contributed by atoms with Gasteiger partial charge in [-0.25, -0.2) is 0 Å². The second-order valence-electron chi connectivity index (χ2n) is 9.83. The van der Waals surface area contributed by atoms with Crippen molar-refractivity contribution in [3.05, 3.63) is 27.4 Å². The van der Waals surface area contributed by atoms with E-state index in [-0.39, 0.29) is 22.8 Å². The van der Waals surface area contributed by atoms with Crippen LogP contribution in [0.2, 0.25) is 28.2 Å². The van der Waals surface area contributed by atoms with Crippen LogP contribution in [0.1, 0.15) is 57.7 Å². The molecule has 0 aliphatic carbocycles. The zero-order valence-corrected chi connectivity index (χ0v) is 21.4. The molecule has 1 aromatic heterocycles. The van der Waals surface area contributed by atoms with Gasteiger partial charge in [0, 0.05) is 35.8 Å². The van der Waals surface area contributed by atoms with Crippen LogP contribution >= 0.6 is 23.2 Å². The number of halogens is 2. The van der Waals surface area contributed by atoms with Gasteiger partial charge in [0.1, 0.15) is 0 Å². The average Bonchev–Trinajstić information content (AvgIpc) is 3.02. The Morgan fingerprint density at radius 3 is 2.57 bits per heavy atom. The number of benzene rings is 1. The zero-order valence-electron chi connectivity index (χ0n) is 18.9. The van der Waals surface area contributed by atoms with Gasteiger partial charge in [-0.15, -0.1) is 0 Å². The predicted molar refractivity (Wildman–Crippen MR) is 130 cm³/mol. The summed E-state index contributed by atoms with van der Waals surface area (Å²) in [4.78, 5) is 16.0. The Balaban J connectivity index is 1.96. The fraction of sp³-hybridized carbons (Fsp3) is 0.591. The fourth-order valence-corrected chi connectivity index (χ4v) is 5.13. The number of amides is 1. The summed E-state index contributed by atoms with van der Waals surface area (Å²) in [6, 6.07) is 1.85. The van der Waals surface area contributed by atoms with Crippen LogP contribution in [0.5, 0.6) is 0 Å². The van der Waals surface area contributed by atoms with Gasteiger partial charge in [-0.3, -0.25) is 4.79 Å². The second-order valence-corrected chi connectivity index (χ2v) is 15.4. The first kappa shape index (κ1) is 23.5. The van der Waals surface area contributed by atoms with Gasteiger partial charge in [0.05, 0.1) is 28.1 Å². The Labute approximate surface area is 190 Å². The largest absolute Gasteiger partial charge is 0.415 e. The number of rotatable bonds is 5. The summed E-state index contributed by atoms with van der Waals surface area (Å²) in [6.45, 7) is 17.1. The molecule has 3 rings (SSSR count). The van der Waals surface area contributed by atoms with Crippen LogP contribution in [0.25, 0.3) is 10.9 Å². The molecule has 1 amide bonds. The number of aromatic amines is 1. The molecule has 1 aliphatic heterocycles. The molecule has 3 N–H and O–H groups in total. The van der Waals surface area contributed by atoms with Crippen molar-refractivity contribution >= 4 is 54.0 Å². The summed E-state index contributed by atoms with van der Waals surface area (Å²) in [6.07, 6.45) is 0. The molecule has 166 valence electrons. The highest BCUT2D eigenvalue weighted by Crippen LogP contribution is 2.44. The number of anilines is 1. The van der Waals surface area contributed by atoms with Crippen LogP contribution in [0, 0.1) is 0 Å². The van der Waals surface area contributed by atoms with Gasteiger partial charge in [-0.1, -0.05) is 50.9 Å². The Kier molecular flexibility index (Phi) is 6.55. The molecule has 1 aromatic carbocycles. The molecular weight excluding hydrogens is 437 g/mol. The van der Waals surface area contributed by atoms with E-state index in [1.54, 1.807) is 0 Å². The first-order valence-corrected chi connectivity index (χ1v) is 14.2. The summed E-state index contributed by atoms with van der Waals surface area (Å²) < 4.78 is 6.30. The maximum atomic E-state index is 12.6. The molecule has 0 saturated heterocycles. The molecular formula is C22H33Cl2N3O2Si. The van der Waals surface area contributed by atoms with Crippen molar-refractivity contribution in [3.8, 4) is 0 Å². The van der Waals surface area contributed by atoms with E-state index >= 15 is 0 Å². The number of carbonyl (C=O) groups is 1. The van der Waals surface area contributed by atoms with Crippen LogP contribution in [-0.4, -0.2) is 38.9 Å². The molecule has 0 bridgehead atoms. The SMILES string of the molecule is CC1CNC(=O)C(C)c2c1[nH]c1c(Cl)c(Cl)cc(NCCO[Si](C)(C)C(C)(C)C)c21. The fourth-order valence-electron chi connectivity index (χ4n) is 3.69. The Hall–Kier alpha value is -1.21. The lowest BCUT2D eigenvalue weighted by molar-refractivity contribution is -0.122. The molecule has 1 aliphatic rings. The standard InChI is InChI=1S/C22H33Cl2N3O2Si/c1-12-11-26-21(28)13(2)16-17-15(10-14(23)18(24)20(17)27-19(12)16)25-8-9-29-30(6,7)22(3,4)5/h10,12-13,25,27H,8-9,11H2,1-7H3,(H,26,28). The van der Waals surface area contributed by atoms with Gasteiger partial charge in [0.2, 0.25) is 5.91 Å². The molecule has 2 atom stereocenters. The van der Waals surface area contributed by atoms with Crippen molar-refractivity contribution < 1.29 is 9.22 Å². The van der Waals surface area contributed by atoms with Crippen LogP contribution in [-0.2, 0) is 9.22 Å². The number of hydrogen-bond donors (Lipinski definition) is 3. The van der Waals surface area contributed by atoms with E-state index in [0.717, 1.165) is 27.8 Å². The lowest BCUT2D eigenvalue weighted by Gasteiger charge is -2.36. The van der Waals surface area contributed by atoms with Gasteiger partial charge >= 0.3 is 0 Å². The molecule has 2 unspecified atom stereocenters. The highest BCUT2D eigenvalue weighted by Gasteiger charge is 2.37. The summed E-state index contributed by atoms with van der Waals surface area (Å²) in [5, 5.41) is 8.59. The smallest absolute Gasteiger partial charge is 0.227 e. The molecule has 8 heteroatoms. The van der Waals surface area contributed by atoms with E-state index in [2.05, 4.69) is 56.4 Å². The molecule has 0 spiro atoms. The second kappa shape index (κ2) is 8.38. The van der Waals surface area contributed by atoms with Crippen LogP contribution in [0.4, 0.5) is 5.69 Å². The van der Waals surface area contributed by atoms with Gasteiger partial charge < -0.3 is 20.0 Å². The third-order valence-corrected chi connectivity index (χ3v) is 12.0. The maximum Gasteiger partial charge on any atom is 0.227 e. The van der Waals surface area contributed by atoms with E-state index in [9.17, 15) is 4.79 Å². The molecule has 0 radical (unpaired) electrons. The highest BCUT2D eigenvalue weighted by molar-refractivity contribution is 6.74. The number of carbonyl (C=O) groups excluding carboxylic acids is 1. The average molecular weight is 471 g/mol. The first-order valence-electron chi connectivity index (χ1n) is 10.5. The van der Waals surface area contributed by atoms with Gasteiger partial charge in [-0.05, 0) is 36.7 Å². The lowest BCUT2D eigenvalue weighted by Crippen LogP contribution is -2.41. The summed E-state index contributed by atoms with van der Waals surface area (Å²) in [5.74, 6) is -0.0920. The predicted octanol–water partition coefficient (Wildman–Crippen LogP) is 6.25. The van der Waals surface area contributed by atoms with E-state index in [1.165, 1.54) is 0 Å². The van der Waals surface area contributed by atoms with Crippen molar-refractivity contribution in [3.63, 3.8) is 0 Å². The van der Waals surface area contributed by atoms with E-state index in [1.807, 2.05) is 13.0 Å². The molecule has 5 nitrogen and oxygen atoms in total. The normalized spacial score (nSPS) is 20.1. The Bertz CT molecular complexity index is 966. The zero-order chi connectivity index (χ0) is 22.4. The summed E-state index contributed by atoms with van der Waals surface area (Å²) >= 11 is 13.0. The van der Waals surface area contributed by atoms with E-state index in [4.69, 9.17) is 27.6 Å². The Morgan fingerprint density at radius 1 is 1.27 bits per heavy atom. The summed E-state index contributed by atoms with van der Waals surface area (Å²) in [5.41, 5.74) is 3.71. The van der Waals surface area contributed by atoms with Crippen LogP contribution in [0.15, 0.2) is 6.07 Å². The molecule has 30 heavy (non-hydrogen) atoms. The number of H-pyrrole nitrogens is 1. The van der Waals surface area contributed by atoms with Crippen molar-refractivity contribution in [1.29, 1.82) is 0 Å². The van der Waals surface area contributed by atoms with Gasteiger partial charge in [0.15, 0.2) is 8.32 Å². The summed E-state index contributed by atoms with van der Waals surface area (Å²) in [7, 11) is -1.81. The number of hydrogen-bond acceptors (Lipinski definition) is 3. The number of aromatic nitrogens is 1. The minimum Gasteiger partial charge on any atom is -0.415 e. The molecule has 2 heterocycles. The monoisotopic (exact) mass is 469 g/mol. The van der Waals surface area contributed by atoms with Gasteiger partial charge in [0.25, 0.3) is 0 Å². The first-order chi connectivity index (χ1) is 13.8. The Morgan fingerprint density at radius 2 is 1.93 bits per heavy atom. The van der Waals surface area contributed by atoms with Crippen LogP contribution in [0.3, 0.4) is 0 Å². The van der Waals surface area contributed by atoms with E-state index < -0.39 is 8.32 Å². The van der Waals surface area contributed by atoms with Crippen molar-refractivity contribution in [1.82, 2.24) is 10.3 Å². The van der Waals surface area contributed by atoms with Gasteiger partial charge in [-0.2, -0.15) is 0 Å². The van der Waals surface area contributed by atoms with Crippen molar-refractivity contribution in [2.75, 3.05) is 25.0 Å². The minimum atomic E-state index is -1.81. The van der Waals surface area contributed by atoms with Crippen molar-refractivity contribution in [2.45, 2.75) is 64.6 Å². The quantitative estimate of drug-likeness (QED) is 0.358. The highest BCUT2D eigenvalue weighted by atomic mass is 35.5. The maximum absolute atomic E-state index is 12.6. The minimum absolute atomic E-state index is 0.0276. The van der Waals surface area contributed by atoms with Crippen molar-refractivity contribution in [2.24, 2.45) is 0 Å². The number of nitrogens with one attached hydrogen (secondary N) is 3. The molecule has 0 saturated carbocycles. The molecule has 0 fully saturated rings. The lowest BCUT2D eigenvalue weighted by atomic mass is 9.93. The third kappa shape index (κ3) is 4.24. The van der Waals surface area contributed by atoms with E-state index in [0.29, 0.717) is 29.7 Å². The molecule has 2 aromatic rings.